The second-order valence-corrected chi connectivity index (χ2v) is 8.25. The molecule has 1 aromatic carbocycles. The van der Waals surface area contributed by atoms with E-state index in [9.17, 15) is 9.59 Å². The van der Waals surface area contributed by atoms with E-state index in [1.165, 1.54) is 11.3 Å². The van der Waals surface area contributed by atoms with Crippen LogP contribution in [0.5, 0.6) is 0 Å². The first-order valence-electron chi connectivity index (χ1n) is 9.60. The van der Waals surface area contributed by atoms with Crippen molar-refractivity contribution < 1.29 is 4.79 Å². The van der Waals surface area contributed by atoms with E-state index in [4.69, 9.17) is 0 Å². The number of hydrogen-bond acceptors (Lipinski definition) is 5. The van der Waals surface area contributed by atoms with Gasteiger partial charge in [0.25, 0.3) is 11.5 Å². The lowest BCUT2D eigenvalue weighted by molar-refractivity contribution is 0.0751. The number of anilines is 1. The molecule has 4 aromatic rings. The number of fused-ring (bicyclic) bond motifs is 3. The summed E-state index contributed by atoms with van der Waals surface area (Å²) in [5.41, 5.74) is 0.823. The predicted octanol–water partition coefficient (Wildman–Crippen LogP) is 3.11. The fourth-order valence-electron chi connectivity index (χ4n) is 3.94. The number of carbonyl (C=O) groups excluding carboxylic acids is 1. The lowest BCUT2D eigenvalue weighted by Crippen LogP contribution is -2.48. The van der Waals surface area contributed by atoms with Gasteiger partial charge < -0.3 is 14.4 Å². The third-order valence-corrected chi connectivity index (χ3v) is 6.68. The molecule has 7 heteroatoms. The number of hydrogen-bond donors (Lipinski definition) is 0. The molecule has 1 fully saturated rings. The minimum Gasteiger partial charge on any atom is -0.353 e. The molecule has 1 aliphatic rings. The van der Waals surface area contributed by atoms with Crippen LogP contribution >= 0.6 is 11.3 Å². The molecule has 0 radical (unpaired) electrons. The Balaban J connectivity index is 1.44. The largest absolute Gasteiger partial charge is 0.353 e. The second kappa shape index (κ2) is 7.00. The summed E-state index contributed by atoms with van der Waals surface area (Å²) in [5.74, 6) is 0.939. The van der Waals surface area contributed by atoms with Crippen LogP contribution in [-0.4, -0.2) is 46.5 Å². The second-order valence-electron chi connectivity index (χ2n) is 7.20. The van der Waals surface area contributed by atoms with Crippen molar-refractivity contribution in [2.45, 2.75) is 0 Å². The first kappa shape index (κ1) is 17.9. The molecule has 0 aliphatic carbocycles. The predicted molar refractivity (Wildman–Crippen MR) is 117 cm³/mol. The van der Waals surface area contributed by atoms with Crippen molar-refractivity contribution in [3.05, 3.63) is 70.0 Å². The van der Waals surface area contributed by atoms with Gasteiger partial charge in [-0.2, -0.15) is 0 Å². The lowest BCUT2D eigenvalue weighted by atomic mass is 10.1. The molecule has 0 saturated carbocycles. The monoisotopic (exact) mass is 404 g/mol. The van der Waals surface area contributed by atoms with Crippen molar-refractivity contribution in [2.75, 3.05) is 31.1 Å². The van der Waals surface area contributed by atoms with Gasteiger partial charge >= 0.3 is 0 Å². The van der Waals surface area contributed by atoms with Gasteiger partial charge in [-0.3, -0.25) is 9.59 Å². The third kappa shape index (κ3) is 2.98. The molecule has 0 atom stereocenters. The van der Waals surface area contributed by atoms with Crippen molar-refractivity contribution in [1.29, 1.82) is 0 Å². The van der Waals surface area contributed by atoms with Gasteiger partial charge in [0, 0.05) is 49.5 Å². The van der Waals surface area contributed by atoms with E-state index in [1.807, 2.05) is 47.4 Å². The van der Waals surface area contributed by atoms with Crippen LogP contribution in [0.3, 0.4) is 0 Å². The summed E-state index contributed by atoms with van der Waals surface area (Å²) in [4.78, 5) is 35.0. The van der Waals surface area contributed by atoms with Gasteiger partial charge in [-0.25, -0.2) is 4.98 Å². The van der Waals surface area contributed by atoms with Crippen LogP contribution in [0.4, 0.5) is 5.82 Å². The van der Waals surface area contributed by atoms with Gasteiger partial charge in [-0.15, -0.1) is 11.3 Å². The summed E-state index contributed by atoms with van der Waals surface area (Å²) in [7, 11) is 1.78. The Kier molecular flexibility index (Phi) is 4.32. The van der Waals surface area contributed by atoms with Crippen LogP contribution in [0, 0.1) is 0 Å². The molecule has 1 aliphatic heterocycles. The number of carbonyl (C=O) groups is 1. The van der Waals surface area contributed by atoms with E-state index < -0.39 is 0 Å². The molecule has 4 heterocycles. The standard InChI is InChI=1S/C22H20N4O2S/c1-24-17-7-3-2-6-15(17)20-16(21(24)27)14-18(29-20)22(28)26-12-10-25(11-13-26)19-8-4-5-9-23-19/h2-9,14H,10-13H2,1H3. The average Bonchev–Trinajstić information content (AvgIpc) is 3.24. The van der Waals surface area contributed by atoms with Gasteiger partial charge in [0.2, 0.25) is 0 Å². The average molecular weight is 404 g/mol. The highest BCUT2D eigenvalue weighted by molar-refractivity contribution is 7.21. The number of amides is 1. The van der Waals surface area contributed by atoms with E-state index in [2.05, 4.69) is 9.88 Å². The molecule has 29 heavy (non-hydrogen) atoms. The number of thiophene rings is 1. The van der Waals surface area contributed by atoms with Crippen LogP contribution in [0.15, 0.2) is 59.5 Å². The first-order chi connectivity index (χ1) is 14.1. The van der Waals surface area contributed by atoms with Crippen LogP contribution in [0.25, 0.3) is 21.0 Å². The molecular weight excluding hydrogens is 384 g/mol. The van der Waals surface area contributed by atoms with Crippen molar-refractivity contribution in [1.82, 2.24) is 14.5 Å². The zero-order valence-electron chi connectivity index (χ0n) is 16.0. The van der Waals surface area contributed by atoms with Crippen molar-refractivity contribution >= 4 is 44.1 Å². The molecule has 1 amide bonds. The molecule has 5 rings (SSSR count). The Hall–Kier alpha value is -3.19. The van der Waals surface area contributed by atoms with E-state index in [1.54, 1.807) is 23.9 Å². The van der Waals surface area contributed by atoms with Crippen molar-refractivity contribution in [2.24, 2.45) is 7.05 Å². The normalized spacial score (nSPS) is 14.7. The zero-order valence-corrected chi connectivity index (χ0v) is 16.9. The number of nitrogens with zero attached hydrogens (tertiary/aromatic N) is 4. The lowest BCUT2D eigenvalue weighted by Gasteiger charge is -2.35. The molecule has 3 aromatic heterocycles. The maximum absolute atomic E-state index is 13.1. The Morgan fingerprint density at radius 1 is 1.00 bits per heavy atom. The van der Waals surface area contributed by atoms with Crippen LogP contribution in [0.2, 0.25) is 0 Å². The Morgan fingerprint density at radius 2 is 1.76 bits per heavy atom. The molecule has 146 valence electrons. The van der Waals surface area contributed by atoms with E-state index in [0.717, 1.165) is 34.5 Å². The topological polar surface area (TPSA) is 58.4 Å². The van der Waals surface area contributed by atoms with Gasteiger partial charge in [0.05, 0.1) is 15.8 Å². The Labute approximate surface area is 171 Å². The third-order valence-electron chi connectivity index (χ3n) is 5.53. The Bertz CT molecular complexity index is 1270. The molecule has 6 nitrogen and oxygen atoms in total. The number of rotatable bonds is 2. The van der Waals surface area contributed by atoms with Gasteiger partial charge in [0.15, 0.2) is 0 Å². The van der Waals surface area contributed by atoms with Crippen LogP contribution in [0.1, 0.15) is 9.67 Å². The van der Waals surface area contributed by atoms with E-state index >= 15 is 0 Å². The first-order valence-corrected chi connectivity index (χ1v) is 10.4. The number of para-hydroxylation sites is 1. The summed E-state index contributed by atoms with van der Waals surface area (Å²) in [6.45, 7) is 2.78. The number of pyridine rings is 2. The molecule has 1 saturated heterocycles. The maximum Gasteiger partial charge on any atom is 0.264 e. The highest BCUT2D eigenvalue weighted by atomic mass is 32.1. The molecule has 0 bridgehead atoms. The summed E-state index contributed by atoms with van der Waals surface area (Å²) in [5, 5.41) is 1.63. The summed E-state index contributed by atoms with van der Waals surface area (Å²) in [6, 6.07) is 15.5. The van der Waals surface area contributed by atoms with E-state index in [0.29, 0.717) is 23.4 Å². The fraction of sp³-hybridized carbons (Fsp3) is 0.227. The molecular formula is C22H20N4O2S. The van der Waals surface area contributed by atoms with Crippen LogP contribution in [-0.2, 0) is 7.05 Å². The number of benzene rings is 1. The van der Waals surface area contributed by atoms with Crippen LogP contribution < -0.4 is 10.5 Å². The van der Waals surface area contributed by atoms with Gasteiger partial charge in [-0.05, 0) is 24.3 Å². The number of aryl methyl sites for hydroxylation is 1. The summed E-state index contributed by atoms with van der Waals surface area (Å²) < 4.78 is 2.55. The van der Waals surface area contributed by atoms with Crippen molar-refractivity contribution in [3.8, 4) is 0 Å². The number of aromatic nitrogens is 2. The minimum atomic E-state index is -0.0611. The highest BCUT2D eigenvalue weighted by Crippen LogP contribution is 2.31. The maximum atomic E-state index is 13.1. The minimum absolute atomic E-state index is 0.00185. The van der Waals surface area contributed by atoms with Gasteiger partial charge in [0.1, 0.15) is 5.82 Å². The van der Waals surface area contributed by atoms with Gasteiger partial charge in [-0.1, -0.05) is 24.3 Å². The smallest absolute Gasteiger partial charge is 0.264 e. The van der Waals surface area contributed by atoms with Crippen molar-refractivity contribution in [3.63, 3.8) is 0 Å². The quantitative estimate of drug-likeness (QED) is 0.515. The summed E-state index contributed by atoms with van der Waals surface area (Å²) >= 11 is 1.42. The fourth-order valence-corrected chi connectivity index (χ4v) is 5.09. The Morgan fingerprint density at radius 3 is 2.52 bits per heavy atom. The van der Waals surface area contributed by atoms with E-state index in [-0.39, 0.29) is 11.5 Å². The molecule has 0 spiro atoms. The SMILES string of the molecule is Cn1c(=O)c2cc(C(=O)N3CCN(c4ccccn4)CC3)sc2c2ccccc21. The molecule has 0 N–H and O–H groups in total. The number of piperazine rings is 1. The highest BCUT2D eigenvalue weighted by Gasteiger charge is 2.25. The zero-order chi connectivity index (χ0) is 20.0. The molecule has 0 unspecified atom stereocenters. The summed E-state index contributed by atoms with van der Waals surface area (Å²) in [6.07, 6.45) is 1.79.